The predicted molar refractivity (Wildman–Crippen MR) is 73.9 cm³/mol. The van der Waals surface area contributed by atoms with Crippen molar-refractivity contribution >= 4 is 16.5 Å². The lowest BCUT2D eigenvalue weighted by Crippen LogP contribution is -2.38. The standard InChI is InChI=1S/C13H19FN2OS/c1-2-15-10-11-3-4-13(12(14)9-11)16-5-7-18(17)8-6-16/h3-4,9,15H,2,5-8,10H2,1H3. The highest BCUT2D eigenvalue weighted by molar-refractivity contribution is 7.85. The van der Waals surface area contributed by atoms with Crippen LogP contribution in [-0.2, 0) is 17.3 Å². The molecule has 0 spiro atoms. The lowest BCUT2D eigenvalue weighted by molar-refractivity contribution is 0.612. The van der Waals surface area contributed by atoms with Crippen LogP contribution in [0.5, 0.6) is 0 Å². The minimum absolute atomic E-state index is 0.182. The third-order valence-corrected chi connectivity index (χ3v) is 4.39. The van der Waals surface area contributed by atoms with Gasteiger partial charge in [0.1, 0.15) is 5.82 Å². The zero-order chi connectivity index (χ0) is 13.0. The van der Waals surface area contributed by atoms with Crippen LogP contribution in [0.4, 0.5) is 10.1 Å². The van der Waals surface area contributed by atoms with Crippen LogP contribution in [0, 0.1) is 5.82 Å². The van der Waals surface area contributed by atoms with Gasteiger partial charge in [-0.05, 0) is 24.2 Å². The topological polar surface area (TPSA) is 32.3 Å². The molecule has 1 heterocycles. The zero-order valence-electron chi connectivity index (χ0n) is 10.6. The van der Waals surface area contributed by atoms with Crippen molar-refractivity contribution in [3.63, 3.8) is 0 Å². The van der Waals surface area contributed by atoms with Gasteiger partial charge in [-0.3, -0.25) is 4.21 Å². The molecule has 1 N–H and O–H groups in total. The molecule has 1 aromatic rings. The van der Waals surface area contributed by atoms with Crippen molar-refractivity contribution < 1.29 is 8.60 Å². The van der Waals surface area contributed by atoms with E-state index in [4.69, 9.17) is 0 Å². The normalized spacial score (nSPS) is 17.1. The molecule has 3 nitrogen and oxygen atoms in total. The summed E-state index contributed by atoms with van der Waals surface area (Å²) < 4.78 is 25.3. The van der Waals surface area contributed by atoms with Gasteiger partial charge in [0.05, 0.1) is 5.69 Å². The summed E-state index contributed by atoms with van der Waals surface area (Å²) in [5.41, 5.74) is 1.59. The fourth-order valence-electron chi connectivity index (χ4n) is 2.06. The van der Waals surface area contributed by atoms with Crippen LogP contribution >= 0.6 is 0 Å². The van der Waals surface area contributed by atoms with Gasteiger partial charge in [0.15, 0.2) is 0 Å². The van der Waals surface area contributed by atoms with Crippen molar-refractivity contribution in [1.82, 2.24) is 5.32 Å². The number of nitrogens with one attached hydrogen (secondary N) is 1. The Morgan fingerprint density at radius 2 is 2.11 bits per heavy atom. The van der Waals surface area contributed by atoms with E-state index >= 15 is 0 Å². The summed E-state index contributed by atoms with van der Waals surface area (Å²) in [6.45, 7) is 4.95. The molecule has 1 aliphatic heterocycles. The molecule has 1 saturated heterocycles. The number of halogens is 1. The SMILES string of the molecule is CCNCc1ccc(N2CCS(=O)CC2)c(F)c1. The maximum atomic E-state index is 14.0. The Kier molecular flexibility index (Phi) is 4.72. The molecule has 0 amide bonds. The molecule has 100 valence electrons. The molecular formula is C13H19FN2OS. The monoisotopic (exact) mass is 270 g/mol. The number of rotatable bonds is 4. The number of benzene rings is 1. The zero-order valence-corrected chi connectivity index (χ0v) is 11.4. The molecule has 1 aromatic carbocycles. The van der Waals surface area contributed by atoms with Gasteiger partial charge in [-0.1, -0.05) is 13.0 Å². The summed E-state index contributed by atoms with van der Waals surface area (Å²) in [5, 5.41) is 3.18. The Morgan fingerprint density at radius 3 is 2.72 bits per heavy atom. The third kappa shape index (κ3) is 3.29. The number of nitrogens with zero attached hydrogens (tertiary/aromatic N) is 1. The number of hydrogen-bond donors (Lipinski definition) is 1. The molecule has 0 radical (unpaired) electrons. The lowest BCUT2D eigenvalue weighted by atomic mass is 10.1. The quantitative estimate of drug-likeness (QED) is 0.900. The van der Waals surface area contributed by atoms with Gasteiger partial charge in [0, 0.05) is 41.9 Å². The Morgan fingerprint density at radius 1 is 1.39 bits per heavy atom. The van der Waals surface area contributed by atoms with E-state index in [0.717, 1.165) is 12.1 Å². The molecule has 0 aliphatic carbocycles. The molecule has 1 fully saturated rings. The van der Waals surface area contributed by atoms with Crippen LogP contribution in [-0.4, -0.2) is 35.3 Å². The van der Waals surface area contributed by atoms with E-state index in [-0.39, 0.29) is 5.82 Å². The van der Waals surface area contributed by atoms with E-state index in [1.807, 2.05) is 24.0 Å². The summed E-state index contributed by atoms with van der Waals surface area (Å²) in [6.07, 6.45) is 0. The number of anilines is 1. The second-order valence-corrected chi connectivity index (χ2v) is 6.10. The average molecular weight is 270 g/mol. The molecule has 18 heavy (non-hydrogen) atoms. The molecule has 0 saturated carbocycles. The van der Waals surface area contributed by atoms with E-state index in [2.05, 4.69) is 5.32 Å². The van der Waals surface area contributed by atoms with E-state index in [1.54, 1.807) is 6.07 Å². The summed E-state index contributed by atoms with van der Waals surface area (Å²) in [6, 6.07) is 5.37. The third-order valence-electron chi connectivity index (χ3n) is 3.11. The molecule has 0 atom stereocenters. The Labute approximate surface area is 110 Å². The molecule has 0 bridgehead atoms. The Hall–Kier alpha value is -0.940. The van der Waals surface area contributed by atoms with Gasteiger partial charge in [-0.25, -0.2) is 4.39 Å². The van der Waals surface area contributed by atoms with Crippen LogP contribution in [0.15, 0.2) is 18.2 Å². The summed E-state index contributed by atoms with van der Waals surface area (Å²) in [4.78, 5) is 1.98. The number of hydrogen-bond acceptors (Lipinski definition) is 3. The minimum atomic E-state index is -0.724. The first kappa shape index (κ1) is 13.5. The van der Waals surface area contributed by atoms with Crippen molar-refractivity contribution in [3.05, 3.63) is 29.6 Å². The lowest BCUT2D eigenvalue weighted by Gasteiger charge is -2.28. The second-order valence-electron chi connectivity index (χ2n) is 4.40. The fourth-order valence-corrected chi connectivity index (χ4v) is 3.12. The highest BCUT2D eigenvalue weighted by Crippen LogP contribution is 2.21. The smallest absolute Gasteiger partial charge is 0.146 e. The van der Waals surface area contributed by atoms with Crippen molar-refractivity contribution in [2.24, 2.45) is 0 Å². The summed E-state index contributed by atoms with van der Waals surface area (Å²) in [5.74, 6) is 1.09. The van der Waals surface area contributed by atoms with Crippen LogP contribution < -0.4 is 10.2 Å². The van der Waals surface area contributed by atoms with Crippen LogP contribution in [0.3, 0.4) is 0 Å². The highest BCUT2D eigenvalue weighted by atomic mass is 32.2. The molecule has 0 unspecified atom stereocenters. The average Bonchev–Trinajstić information content (AvgIpc) is 2.38. The molecular weight excluding hydrogens is 251 g/mol. The maximum Gasteiger partial charge on any atom is 0.146 e. The van der Waals surface area contributed by atoms with Crippen LogP contribution in [0.1, 0.15) is 12.5 Å². The van der Waals surface area contributed by atoms with E-state index < -0.39 is 10.8 Å². The highest BCUT2D eigenvalue weighted by Gasteiger charge is 2.18. The Balaban J connectivity index is 2.07. The van der Waals surface area contributed by atoms with Gasteiger partial charge in [-0.2, -0.15) is 0 Å². The van der Waals surface area contributed by atoms with Crippen molar-refractivity contribution in [2.45, 2.75) is 13.5 Å². The van der Waals surface area contributed by atoms with Crippen LogP contribution in [0.2, 0.25) is 0 Å². The van der Waals surface area contributed by atoms with Gasteiger partial charge in [0.2, 0.25) is 0 Å². The fraction of sp³-hybridized carbons (Fsp3) is 0.538. The first-order valence-corrected chi connectivity index (χ1v) is 7.78. The van der Waals surface area contributed by atoms with Gasteiger partial charge < -0.3 is 10.2 Å². The Bertz CT molecular complexity index is 429. The molecule has 0 aromatic heterocycles. The first-order valence-electron chi connectivity index (χ1n) is 6.29. The molecule has 5 heteroatoms. The van der Waals surface area contributed by atoms with Crippen LogP contribution in [0.25, 0.3) is 0 Å². The van der Waals surface area contributed by atoms with Crippen molar-refractivity contribution in [3.8, 4) is 0 Å². The maximum absolute atomic E-state index is 14.0. The largest absolute Gasteiger partial charge is 0.367 e. The van der Waals surface area contributed by atoms with E-state index in [1.165, 1.54) is 0 Å². The van der Waals surface area contributed by atoms with Gasteiger partial charge in [-0.15, -0.1) is 0 Å². The predicted octanol–water partition coefficient (Wildman–Crippen LogP) is 1.50. The van der Waals surface area contributed by atoms with Gasteiger partial charge >= 0.3 is 0 Å². The van der Waals surface area contributed by atoms with Crippen molar-refractivity contribution in [1.29, 1.82) is 0 Å². The molecule has 2 rings (SSSR count). The van der Waals surface area contributed by atoms with E-state index in [0.29, 0.717) is 36.8 Å². The summed E-state index contributed by atoms with van der Waals surface area (Å²) >= 11 is 0. The first-order chi connectivity index (χ1) is 8.70. The second kappa shape index (κ2) is 6.29. The molecule has 1 aliphatic rings. The minimum Gasteiger partial charge on any atom is -0.367 e. The van der Waals surface area contributed by atoms with Gasteiger partial charge in [0.25, 0.3) is 0 Å². The van der Waals surface area contributed by atoms with E-state index in [9.17, 15) is 8.60 Å². The van der Waals surface area contributed by atoms with Crippen molar-refractivity contribution in [2.75, 3.05) is 36.0 Å². The summed E-state index contributed by atoms with van der Waals surface area (Å²) in [7, 11) is -0.724.